The summed E-state index contributed by atoms with van der Waals surface area (Å²) in [6.07, 6.45) is 9.53. The number of hydrogen-bond donors (Lipinski definition) is 1. The number of nitrogens with zero attached hydrogens (tertiary/aromatic N) is 2. The molecule has 0 radical (unpaired) electrons. The SMILES string of the molecule is CCCC1(CNCc2cnn(-c3ccccc3)c2)CC1. The van der Waals surface area contributed by atoms with Crippen molar-refractivity contribution in [3.8, 4) is 5.69 Å². The zero-order chi connectivity index (χ0) is 13.8. The van der Waals surface area contributed by atoms with Gasteiger partial charge < -0.3 is 5.32 Å². The van der Waals surface area contributed by atoms with Gasteiger partial charge in [0.2, 0.25) is 0 Å². The third kappa shape index (κ3) is 3.10. The van der Waals surface area contributed by atoms with Crippen molar-refractivity contribution in [2.75, 3.05) is 6.54 Å². The first kappa shape index (κ1) is 13.4. The molecule has 1 aromatic heterocycles. The topological polar surface area (TPSA) is 29.9 Å². The van der Waals surface area contributed by atoms with Crippen molar-refractivity contribution in [1.82, 2.24) is 15.1 Å². The van der Waals surface area contributed by atoms with Gasteiger partial charge in [-0.25, -0.2) is 4.68 Å². The highest BCUT2D eigenvalue weighted by Gasteiger charge is 2.40. The molecule has 0 unspecified atom stereocenters. The molecule has 1 aromatic carbocycles. The van der Waals surface area contributed by atoms with E-state index >= 15 is 0 Å². The number of hydrogen-bond acceptors (Lipinski definition) is 2. The number of rotatable bonds is 7. The van der Waals surface area contributed by atoms with Gasteiger partial charge in [-0.15, -0.1) is 0 Å². The molecule has 20 heavy (non-hydrogen) atoms. The number of nitrogens with one attached hydrogen (secondary N) is 1. The van der Waals surface area contributed by atoms with Crippen LogP contribution in [0.5, 0.6) is 0 Å². The summed E-state index contributed by atoms with van der Waals surface area (Å²) in [5.41, 5.74) is 2.98. The molecule has 0 amide bonds. The number of para-hydroxylation sites is 1. The zero-order valence-electron chi connectivity index (χ0n) is 12.2. The Hall–Kier alpha value is -1.61. The van der Waals surface area contributed by atoms with Crippen molar-refractivity contribution in [3.05, 3.63) is 48.3 Å². The van der Waals surface area contributed by atoms with Crippen molar-refractivity contribution in [2.45, 2.75) is 39.2 Å². The molecule has 2 aromatic rings. The lowest BCUT2D eigenvalue weighted by molar-refractivity contribution is 0.421. The second-order valence-electron chi connectivity index (χ2n) is 5.98. The molecule has 0 spiro atoms. The molecule has 1 fully saturated rings. The van der Waals surface area contributed by atoms with E-state index in [4.69, 9.17) is 0 Å². The van der Waals surface area contributed by atoms with E-state index in [1.807, 2.05) is 29.1 Å². The Morgan fingerprint density at radius 3 is 2.75 bits per heavy atom. The van der Waals surface area contributed by atoms with Crippen molar-refractivity contribution in [2.24, 2.45) is 5.41 Å². The summed E-state index contributed by atoms with van der Waals surface area (Å²) in [4.78, 5) is 0. The Kier molecular flexibility index (Phi) is 3.88. The molecule has 3 rings (SSSR count). The van der Waals surface area contributed by atoms with E-state index in [1.165, 1.54) is 31.2 Å². The van der Waals surface area contributed by atoms with Crippen LogP contribution in [-0.2, 0) is 6.54 Å². The van der Waals surface area contributed by atoms with E-state index in [2.05, 4.69) is 35.7 Å². The first-order chi connectivity index (χ1) is 9.81. The summed E-state index contributed by atoms with van der Waals surface area (Å²) in [5.74, 6) is 0. The average Bonchev–Trinajstić information content (AvgIpc) is 3.07. The van der Waals surface area contributed by atoms with Gasteiger partial charge in [0.25, 0.3) is 0 Å². The predicted molar refractivity (Wildman–Crippen MR) is 81.8 cm³/mol. The molecule has 1 aliphatic carbocycles. The van der Waals surface area contributed by atoms with Crippen LogP contribution in [0.3, 0.4) is 0 Å². The molecular formula is C17H23N3. The third-order valence-electron chi connectivity index (χ3n) is 4.22. The Balaban J connectivity index is 1.53. The summed E-state index contributed by atoms with van der Waals surface area (Å²) in [6, 6.07) is 10.3. The number of aromatic nitrogens is 2. The molecular weight excluding hydrogens is 246 g/mol. The van der Waals surface area contributed by atoms with Gasteiger partial charge in [-0.05, 0) is 36.8 Å². The standard InChI is InChI=1S/C17H23N3/c1-2-8-17(9-10-17)14-18-11-15-12-19-20(13-15)16-6-4-3-5-7-16/h3-7,12-13,18H,2,8-11,14H2,1H3. The van der Waals surface area contributed by atoms with Gasteiger partial charge in [0, 0.05) is 24.8 Å². The molecule has 0 aliphatic heterocycles. The van der Waals surface area contributed by atoms with Crippen LogP contribution in [0, 0.1) is 5.41 Å². The Bertz CT molecular complexity index is 540. The fourth-order valence-electron chi connectivity index (χ4n) is 2.87. The van der Waals surface area contributed by atoms with E-state index in [0.29, 0.717) is 5.41 Å². The van der Waals surface area contributed by atoms with Crippen molar-refractivity contribution in [3.63, 3.8) is 0 Å². The number of benzene rings is 1. The molecule has 1 saturated carbocycles. The van der Waals surface area contributed by atoms with Crippen LogP contribution in [0.4, 0.5) is 0 Å². The average molecular weight is 269 g/mol. The lowest BCUT2D eigenvalue weighted by Gasteiger charge is -2.14. The molecule has 106 valence electrons. The van der Waals surface area contributed by atoms with Gasteiger partial charge in [0.1, 0.15) is 0 Å². The largest absolute Gasteiger partial charge is 0.312 e. The van der Waals surface area contributed by atoms with E-state index in [1.54, 1.807) is 0 Å². The first-order valence-corrected chi connectivity index (χ1v) is 7.61. The zero-order valence-corrected chi connectivity index (χ0v) is 12.2. The summed E-state index contributed by atoms with van der Waals surface area (Å²) >= 11 is 0. The molecule has 0 atom stereocenters. The Labute approximate surface area is 121 Å². The molecule has 3 heteroatoms. The highest BCUT2D eigenvalue weighted by molar-refractivity contribution is 5.30. The van der Waals surface area contributed by atoms with E-state index in [-0.39, 0.29) is 0 Å². The second-order valence-corrected chi connectivity index (χ2v) is 5.98. The van der Waals surface area contributed by atoms with E-state index < -0.39 is 0 Å². The molecule has 0 saturated heterocycles. The molecule has 0 bridgehead atoms. The monoisotopic (exact) mass is 269 g/mol. The molecule has 3 nitrogen and oxygen atoms in total. The summed E-state index contributed by atoms with van der Waals surface area (Å²) in [6.45, 7) is 4.35. The third-order valence-corrected chi connectivity index (χ3v) is 4.22. The minimum atomic E-state index is 0.615. The van der Waals surface area contributed by atoms with Gasteiger partial charge in [0.15, 0.2) is 0 Å². The normalized spacial score (nSPS) is 16.2. The van der Waals surface area contributed by atoms with Crippen molar-refractivity contribution in [1.29, 1.82) is 0 Å². The van der Waals surface area contributed by atoms with Crippen LogP contribution < -0.4 is 5.32 Å². The summed E-state index contributed by atoms with van der Waals surface area (Å²) in [5, 5.41) is 8.03. The predicted octanol–water partition coefficient (Wildman–Crippen LogP) is 3.54. The maximum absolute atomic E-state index is 4.43. The van der Waals surface area contributed by atoms with Crippen molar-refractivity contribution < 1.29 is 0 Å². The lowest BCUT2D eigenvalue weighted by Crippen LogP contribution is -2.23. The van der Waals surface area contributed by atoms with Gasteiger partial charge in [-0.2, -0.15) is 5.10 Å². The van der Waals surface area contributed by atoms with Crippen molar-refractivity contribution >= 4 is 0 Å². The van der Waals surface area contributed by atoms with E-state index in [0.717, 1.165) is 18.8 Å². The molecule has 1 aliphatic rings. The second kappa shape index (κ2) is 5.80. The van der Waals surface area contributed by atoms with Crippen LogP contribution in [0.25, 0.3) is 5.69 Å². The maximum Gasteiger partial charge on any atom is 0.0645 e. The summed E-state index contributed by atoms with van der Waals surface area (Å²) < 4.78 is 1.94. The molecule has 1 N–H and O–H groups in total. The van der Waals surface area contributed by atoms with Gasteiger partial charge >= 0.3 is 0 Å². The highest BCUT2D eigenvalue weighted by Crippen LogP contribution is 2.48. The van der Waals surface area contributed by atoms with Crippen LogP contribution in [-0.4, -0.2) is 16.3 Å². The summed E-state index contributed by atoms with van der Waals surface area (Å²) in [7, 11) is 0. The van der Waals surface area contributed by atoms with Crippen LogP contribution in [0.15, 0.2) is 42.7 Å². The maximum atomic E-state index is 4.43. The fraction of sp³-hybridized carbons (Fsp3) is 0.471. The quantitative estimate of drug-likeness (QED) is 0.833. The van der Waals surface area contributed by atoms with E-state index in [9.17, 15) is 0 Å². The minimum Gasteiger partial charge on any atom is -0.312 e. The first-order valence-electron chi connectivity index (χ1n) is 7.61. The smallest absolute Gasteiger partial charge is 0.0645 e. The molecule has 1 heterocycles. The van der Waals surface area contributed by atoms with Crippen LogP contribution in [0.1, 0.15) is 38.2 Å². The lowest BCUT2D eigenvalue weighted by atomic mass is 10.0. The van der Waals surface area contributed by atoms with Gasteiger partial charge in [0.05, 0.1) is 11.9 Å². The minimum absolute atomic E-state index is 0.615. The van der Waals surface area contributed by atoms with Crippen LogP contribution >= 0.6 is 0 Å². The fourth-order valence-corrected chi connectivity index (χ4v) is 2.87. The van der Waals surface area contributed by atoms with Gasteiger partial charge in [-0.3, -0.25) is 0 Å². The van der Waals surface area contributed by atoms with Gasteiger partial charge in [-0.1, -0.05) is 31.5 Å². The van der Waals surface area contributed by atoms with Crippen LogP contribution in [0.2, 0.25) is 0 Å². The Morgan fingerprint density at radius 1 is 1.25 bits per heavy atom. The highest BCUT2D eigenvalue weighted by atomic mass is 15.3. The Morgan fingerprint density at radius 2 is 2.05 bits per heavy atom.